The van der Waals surface area contributed by atoms with E-state index < -0.39 is 0 Å². The molecule has 0 fully saturated rings. The zero-order valence-electron chi connectivity index (χ0n) is 24.3. The number of allylic oxidation sites excluding steroid dienone is 7. The van der Waals surface area contributed by atoms with Gasteiger partial charge in [0.2, 0.25) is 0 Å². The van der Waals surface area contributed by atoms with Gasteiger partial charge in [-0.05, 0) is 35.9 Å². The lowest BCUT2D eigenvalue weighted by Gasteiger charge is -2.37. The van der Waals surface area contributed by atoms with Crippen LogP contribution in [0.3, 0.4) is 0 Å². The van der Waals surface area contributed by atoms with Crippen LogP contribution in [-0.4, -0.2) is 27.8 Å². The lowest BCUT2D eigenvalue weighted by molar-refractivity contribution is 0.212. The first-order valence-electron chi connectivity index (χ1n) is 15.5. The quantitative estimate of drug-likeness (QED) is 0.230. The van der Waals surface area contributed by atoms with E-state index in [1.165, 1.54) is 28.0 Å². The fourth-order valence-electron chi connectivity index (χ4n) is 7.51. The maximum Gasteiger partial charge on any atom is 0.439 e. The first-order chi connectivity index (χ1) is 22.3. The summed E-state index contributed by atoms with van der Waals surface area (Å²) in [7, 11) is 0. The van der Waals surface area contributed by atoms with Gasteiger partial charge in [-0.1, -0.05) is 113 Å². The molecule has 4 aromatic rings. The predicted molar refractivity (Wildman–Crippen MR) is 179 cm³/mol. The van der Waals surface area contributed by atoms with E-state index in [4.69, 9.17) is 14.7 Å². The van der Waals surface area contributed by atoms with E-state index in [2.05, 4.69) is 137 Å². The Morgan fingerprint density at radius 2 is 1.51 bits per heavy atom. The minimum absolute atomic E-state index is 0.00594. The summed E-state index contributed by atoms with van der Waals surface area (Å²) in [6.45, 7) is 0. The summed E-state index contributed by atoms with van der Waals surface area (Å²) in [6.07, 6.45) is 18.3. The SMILES string of the molecule is C1=CC2=C3CC4=C(C=C3OC2C=C1)C1=CC=CC2=[N+](c3nc(-c5ccccc5)cc(-c5ccccc5)n3)c3ccccc3N4C12. The normalized spacial score (nSPS) is 21.6. The highest BCUT2D eigenvalue weighted by molar-refractivity contribution is 6.13. The van der Waals surface area contributed by atoms with Crippen LogP contribution in [0.5, 0.6) is 0 Å². The molecular weight excluding hydrogens is 552 g/mol. The third kappa shape index (κ3) is 3.58. The molecule has 45 heavy (non-hydrogen) atoms. The molecule has 5 heteroatoms. The monoisotopic (exact) mass is 579 g/mol. The van der Waals surface area contributed by atoms with Gasteiger partial charge < -0.3 is 9.64 Å². The van der Waals surface area contributed by atoms with Crippen LogP contribution in [0.1, 0.15) is 6.42 Å². The van der Waals surface area contributed by atoms with E-state index in [-0.39, 0.29) is 12.1 Å². The topological polar surface area (TPSA) is 41.3 Å². The Morgan fingerprint density at radius 1 is 0.778 bits per heavy atom. The Morgan fingerprint density at radius 3 is 2.29 bits per heavy atom. The fraction of sp³-hybridized carbons (Fsp3) is 0.0750. The van der Waals surface area contributed by atoms with Crippen molar-refractivity contribution >= 4 is 23.0 Å². The highest BCUT2D eigenvalue weighted by atomic mass is 16.5. The number of rotatable bonds is 3. The summed E-state index contributed by atoms with van der Waals surface area (Å²) in [5.74, 6) is 1.66. The molecule has 3 aromatic carbocycles. The smallest absolute Gasteiger partial charge is 0.439 e. The Hall–Kier alpha value is -5.81. The summed E-state index contributed by atoms with van der Waals surface area (Å²) >= 11 is 0. The summed E-state index contributed by atoms with van der Waals surface area (Å²) < 4.78 is 8.72. The lowest BCUT2D eigenvalue weighted by Crippen LogP contribution is -2.46. The van der Waals surface area contributed by atoms with Crippen LogP contribution >= 0.6 is 0 Å². The number of para-hydroxylation sites is 2. The van der Waals surface area contributed by atoms with E-state index in [1.54, 1.807) is 0 Å². The average molecular weight is 580 g/mol. The number of nitrogens with zero attached hydrogens (tertiary/aromatic N) is 4. The van der Waals surface area contributed by atoms with Crippen LogP contribution in [0.15, 0.2) is 173 Å². The van der Waals surface area contributed by atoms with Gasteiger partial charge in [0.25, 0.3) is 0 Å². The molecule has 2 atom stereocenters. The maximum absolute atomic E-state index is 6.45. The highest BCUT2D eigenvalue weighted by Gasteiger charge is 2.49. The largest absolute Gasteiger partial charge is 0.481 e. The zero-order chi connectivity index (χ0) is 29.5. The van der Waals surface area contributed by atoms with Gasteiger partial charge in [-0.2, -0.15) is 4.58 Å². The van der Waals surface area contributed by atoms with Gasteiger partial charge in [0.15, 0.2) is 11.4 Å². The molecule has 5 nitrogen and oxygen atoms in total. The van der Waals surface area contributed by atoms with Crippen molar-refractivity contribution in [3.05, 3.63) is 173 Å². The van der Waals surface area contributed by atoms with E-state index >= 15 is 0 Å². The molecule has 0 N–H and O–H groups in total. The molecule has 0 bridgehead atoms. The van der Waals surface area contributed by atoms with Gasteiger partial charge in [-0.15, -0.1) is 0 Å². The maximum atomic E-state index is 6.45. The van der Waals surface area contributed by atoms with Crippen molar-refractivity contribution in [2.45, 2.75) is 18.6 Å². The summed E-state index contributed by atoms with van der Waals surface area (Å²) in [4.78, 5) is 13.0. The van der Waals surface area contributed by atoms with Crippen LogP contribution in [0.4, 0.5) is 17.3 Å². The van der Waals surface area contributed by atoms with Gasteiger partial charge in [-0.3, -0.25) is 0 Å². The summed E-state index contributed by atoms with van der Waals surface area (Å²) in [5, 5.41) is 0. The van der Waals surface area contributed by atoms with Gasteiger partial charge in [0, 0.05) is 46.0 Å². The van der Waals surface area contributed by atoms with Gasteiger partial charge in [-0.25, -0.2) is 0 Å². The second kappa shape index (κ2) is 9.34. The summed E-state index contributed by atoms with van der Waals surface area (Å²) in [5.41, 5.74) is 13.7. The van der Waals surface area contributed by atoms with Crippen molar-refractivity contribution in [2.75, 3.05) is 4.90 Å². The van der Waals surface area contributed by atoms with E-state index in [0.717, 1.165) is 51.8 Å². The van der Waals surface area contributed by atoms with E-state index in [0.29, 0.717) is 5.95 Å². The Balaban J connectivity index is 1.19. The molecule has 6 aliphatic rings. The van der Waals surface area contributed by atoms with Crippen molar-refractivity contribution in [3.8, 4) is 22.5 Å². The van der Waals surface area contributed by atoms with Gasteiger partial charge in [0.05, 0.1) is 5.69 Å². The highest BCUT2D eigenvalue weighted by Crippen LogP contribution is 2.53. The molecule has 1 aromatic heterocycles. The van der Waals surface area contributed by atoms with Gasteiger partial charge in [0.1, 0.15) is 29.3 Å². The first-order valence-corrected chi connectivity index (χ1v) is 15.5. The number of benzene rings is 3. The molecule has 10 rings (SSSR count). The van der Waals surface area contributed by atoms with Crippen LogP contribution in [-0.2, 0) is 4.74 Å². The molecule has 0 amide bonds. The minimum Gasteiger partial charge on any atom is -0.481 e. The Kier molecular flexibility index (Phi) is 5.11. The van der Waals surface area contributed by atoms with Crippen molar-refractivity contribution in [3.63, 3.8) is 0 Å². The summed E-state index contributed by atoms with van der Waals surface area (Å²) in [6, 6.07) is 31.5. The van der Waals surface area contributed by atoms with Crippen molar-refractivity contribution in [1.29, 1.82) is 0 Å². The number of anilines is 1. The first kappa shape index (κ1) is 24.6. The lowest BCUT2D eigenvalue weighted by atomic mass is 9.88. The second-order valence-electron chi connectivity index (χ2n) is 11.9. The second-order valence-corrected chi connectivity index (χ2v) is 11.9. The fourth-order valence-corrected chi connectivity index (χ4v) is 7.51. The molecule has 0 saturated heterocycles. The molecule has 0 spiro atoms. The van der Waals surface area contributed by atoms with Gasteiger partial charge >= 0.3 is 5.95 Å². The minimum atomic E-state index is 0.00594. The number of aromatic nitrogens is 2. The van der Waals surface area contributed by atoms with Crippen molar-refractivity contribution < 1.29 is 4.74 Å². The molecule has 212 valence electrons. The molecule has 4 heterocycles. The predicted octanol–water partition coefficient (Wildman–Crippen LogP) is 8.15. The number of fused-ring (bicyclic) bond motifs is 6. The zero-order valence-corrected chi connectivity index (χ0v) is 24.3. The molecule has 3 aliphatic carbocycles. The number of hydrogen-bond donors (Lipinski definition) is 0. The molecule has 0 radical (unpaired) electrons. The molecular formula is C40H27N4O+. The van der Waals surface area contributed by atoms with Crippen LogP contribution in [0.2, 0.25) is 0 Å². The third-order valence-electron chi connectivity index (χ3n) is 9.48. The van der Waals surface area contributed by atoms with Crippen LogP contribution < -0.4 is 9.48 Å². The Bertz CT molecular complexity index is 2150. The van der Waals surface area contributed by atoms with Crippen LogP contribution in [0, 0.1) is 0 Å². The standard InChI is InChI=1S/C40H27N4O/c1-3-12-25(13-4-1)31-24-32(26-14-5-2-6-15-26)42-40(41-31)44-34-19-9-8-18-33(34)43-36-22-30-27-16-7-10-21-37(27)45-38(30)23-29(36)28-17-11-20-35(44)39(28)43/h1-21,23-24,37,39H,22H2/q+1. The molecule has 2 unspecified atom stereocenters. The number of ether oxygens (including phenoxy) is 1. The van der Waals surface area contributed by atoms with E-state index in [1.807, 2.05) is 12.1 Å². The molecule has 3 aliphatic heterocycles. The van der Waals surface area contributed by atoms with Crippen molar-refractivity contribution in [2.24, 2.45) is 0 Å². The molecule has 0 saturated carbocycles. The average Bonchev–Trinajstić information content (AvgIpc) is 3.64. The third-order valence-corrected chi connectivity index (χ3v) is 9.48. The van der Waals surface area contributed by atoms with Crippen LogP contribution in [0.25, 0.3) is 22.5 Å². The number of hydrogen-bond acceptors (Lipinski definition) is 4. The Labute approximate surface area is 261 Å². The van der Waals surface area contributed by atoms with Crippen molar-refractivity contribution in [1.82, 2.24) is 14.5 Å². The van der Waals surface area contributed by atoms with E-state index in [9.17, 15) is 0 Å².